The Morgan fingerprint density at radius 2 is 1.89 bits per heavy atom. The zero-order valence-electron chi connectivity index (χ0n) is 10.4. The van der Waals surface area contributed by atoms with Crippen molar-refractivity contribution in [2.75, 3.05) is 6.61 Å². The van der Waals surface area contributed by atoms with Gasteiger partial charge >= 0.3 is 6.18 Å². The first kappa shape index (κ1) is 14.1. The number of aliphatic hydroxyl groups is 1. The maximum atomic E-state index is 12.4. The minimum Gasteiger partial charge on any atom is -0.488 e. The number of aliphatic hydroxyl groups excluding tert-OH is 1. The predicted molar refractivity (Wildman–Crippen MR) is 61.9 cm³/mol. The summed E-state index contributed by atoms with van der Waals surface area (Å²) < 4.78 is 47.9. The van der Waals surface area contributed by atoms with E-state index in [2.05, 4.69) is 0 Å². The average Bonchev–Trinajstić information content (AvgIpc) is 2.35. The highest BCUT2D eigenvalue weighted by Crippen LogP contribution is 2.32. The zero-order chi connectivity index (χ0) is 14.0. The molecule has 19 heavy (non-hydrogen) atoms. The molecule has 0 spiro atoms. The normalized spacial score (nSPS) is 26.9. The molecule has 106 valence electrons. The summed E-state index contributed by atoms with van der Waals surface area (Å²) in [5.74, 6) is 0.342. The summed E-state index contributed by atoms with van der Waals surface area (Å²) in [6.07, 6.45) is -5.22. The molecule has 2 rings (SSSR count). The molecular formula is C13H15F3O3. The third kappa shape index (κ3) is 3.19. The SMILES string of the molecule is CCOC1C(O)CC1Oc1ccc(C(F)(F)F)cc1. The van der Waals surface area contributed by atoms with Gasteiger partial charge in [-0.25, -0.2) is 0 Å². The van der Waals surface area contributed by atoms with E-state index in [1.54, 1.807) is 6.92 Å². The Kier molecular flexibility index (Phi) is 4.01. The topological polar surface area (TPSA) is 38.7 Å². The summed E-state index contributed by atoms with van der Waals surface area (Å²) in [6.45, 7) is 2.26. The highest BCUT2D eigenvalue weighted by Gasteiger charge is 2.42. The van der Waals surface area contributed by atoms with E-state index in [4.69, 9.17) is 9.47 Å². The van der Waals surface area contributed by atoms with Gasteiger partial charge in [-0.1, -0.05) is 0 Å². The van der Waals surface area contributed by atoms with Gasteiger partial charge in [-0.2, -0.15) is 13.2 Å². The van der Waals surface area contributed by atoms with Crippen molar-refractivity contribution in [3.8, 4) is 5.75 Å². The van der Waals surface area contributed by atoms with Gasteiger partial charge in [0.2, 0.25) is 0 Å². The second-order valence-corrected chi connectivity index (χ2v) is 4.40. The lowest BCUT2D eigenvalue weighted by Crippen LogP contribution is -2.55. The molecule has 0 heterocycles. The predicted octanol–water partition coefficient (Wildman–Crippen LogP) is 2.62. The van der Waals surface area contributed by atoms with Crippen LogP contribution in [0.4, 0.5) is 13.2 Å². The van der Waals surface area contributed by atoms with Gasteiger partial charge in [0.15, 0.2) is 0 Å². The first-order valence-corrected chi connectivity index (χ1v) is 6.05. The fourth-order valence-corrected chi connectivity index (χ4v) is 1.98. The van der Waals surface area contributed by atoms with Crippen LogP contribution in [-0.2, 0) is 10.9 Å². The molecule has 0 amide bonds. The van der Waals surface area contributed by atoms with Crippen LogP contribution in [0.15, 0.2) is 24.3 Å². The van der Waals surface area contributed by atoms with Crippen LogP contribution in [0, 0.1) is 0 Å². The Bertz CT molecular complexity index is 416. The van der Waals surface area contributed by atoms with Crippen molar-refractivity contribution < 1.29 is 27.8 Å². The number of alkyl halides is 3. The van der Waals surface area contributed by atoms with Gasteiger partial charge in [-0.15, -0.1) is 0 Å². The molecule has 1 aliphatic carbocycles. The number of hydrogen-bond donors (Lipinski definition) is 1. The molecule has 3 unspecified atom stereocenters. The summed E-state index contributed by atoms with van der Waals surface area (Å²) in [7, 11) is 0. The highest BCUT2D eigenvalue weighted by atomic mass is 19.4. The Hall–Kier alpha value is -1.27. The van der Waals surface area contributed by atoms with Gasteiger partial charge in [-0.05, 0) is 31.2 Å². The van der Waals surface area contributed by atoms with E-state index in [0.29, 0.717) is 18.8 Å². The highest BCUT2D eigenvalue weighted by molar-refractivity contribution is 5.29. The van der Waals surface area contributed by atoms with Crippen molar-refractivity contribution in [2.24, 2.45) is 0 Å². The van der Waals surface area contributed by atoms with Crippen molar-refractivity contribution in [3.63, 3.8) is 0 Å². The van der Waals surface area contributed by atoms with Gasteiger partial charge < -0.3 is 14.6 Å². The van der Waals surface area contributed by atoms with Crippen molar-refractivity contribution in [2.45, 2.75) is 37.8 Å². The van der Waals surface area contributed by atoms with E-state index in [9.17, 15) is 18.3 Å². The summed E-state index contributed by atoms with van der Waals surface area (Å²) in [5.41, 5.74) is -0.713. The van der Waals surface area contributed by atoms with Crippen LogP contribution in [-0.4, -0.2) is 30.0 Å². The molecule has 3 nitrogen and oxygen atoms in total. The second kappa shape index (κ2) is 5.38. The molecule has 0 bridgehead atoms. The van der Waals surface area contributed by atoms with Crippen molar-refractivity contribution in [3.05, 3.63) is 29.8 Å². The molecule has 0 aliphatic heterocycles. The lowest BCUT2D eigenvalue weighted by molar-refractivity contribution is -0.160. The zero-order valence-corrected chi connectivity index (χ0v) is 10.4. The number of halogens is 3. The van der Waals surface area contributed by atoms with Crippen LogP contribution in [0.5, 0.6) is 5.75 Å². The minimum atomic E-state index is -4.35. The Balaban J connectivity index is 1.97. The smallest absolute Gasteiger partial charge is 0.416 e. The Morgan fingerprint density at radius 3 is 2.37 bits per heavy atom. The average molecular weight is 276 g/mol. The third-order valence-electron chi connectivity index (χ3n) is 3.05. The van der Waals surface area contributed by atoms with Gasteiger partial charge in [0, 0.05) is 13.0 Å². The second-order valence-electron chi connectivity index (χ2n) is 4.40. The van der Waals surface area contributed by atoms with Crippen molar-refractivity contribution in [1.29, 1.82) is 0 Å². The van der Waals surface area contributed by atoms with Crippen LogP contribution < -0.4 is 4.74 Å². The maximum absolute atomic E-state index is 12.4. The standard InChI is InChI=1S/C13H15F3O3/c1-2-18-12-10(17)7-11(12)19-9-5-3-8(4-6-9)13(14,15)16/h3-6,10-12,17H,2,7H2,1H3. The molecule has 1 aliphatic rings. The van der Waals surface area contributed by atoms with E-state index in [1.807, 2.05) is 0 Å². The van der Waals surface area contributed by atoms with Gasteiger partial charge in [-0.3, -0.25) is 0 Å². The number of benzene rings is 1. The van der Waals surface area contributed by atoms with E-state index < -0.39 is 23.9 Å². The monoisotopic (exact) mass is 276 g/mol. The van der Waals surface area contributed by atoms with Crippen molar-refractivity contribution >= 4 is 0 Å². The molecular weight excluding hydrogens is 261 g/mol. The minimum absolute atomic E-state index is 0.313. The maximum Gasteiger partial charge on any atom is 0.416 e. The molecule has 0 aromatic heterocycles. The molecule has 0 saturated heterocycles. The number of rotatable bonds is 4. The molecule has 1 fully saturated rings. The third-order valence-corrected chi connectivity index (χ3v) is 3.05. The molecule has 0 radical (unpaired) electrons. The molecule has 1 saturated carbocycles. The lowest BCUT2D eigenvalue weighted by atomic mass is 9.88. The molecule has 1 aromatic carbocycles. The Labute approximate surface area is 108 Å². The van der Waals surface area contributed by atoms with Gasteiger partial charge in [0.1, 0.15) is 18.0 Å². The first-order chi connectivity index (χ1) is 8.91. The largest absolute Gasteiger partial charge is 0.488 e. The summed E-state index contributed by atoms with van der Waals surface area (Å²) >= 11 is 0. The molecule has 6 heteroatoms. The molecule has 1 aromatic rings. The number of ether oxygens (including phenoxy) is 2. The van der Waals surface area contributed by atoms with E-state index in [1.165, 1.54) is 12.1 Å². The van der Waals surface area contributed by atoms with Gasteiger partial charge in [0.05, 0.1) is 11.7 Å². The van der Waals surface area contributed by atoms with Crippen molar-refractivity contribution in [1.82, 2.24) is 0 Å². The van der Waals surface area contributed by atoms with Crippen LogP contribution >= 0.6 is 0 Å². The fraction of sp³-hybridized carbons (Fsp3) is 0.538. The lowest BCUT2D eigenvalue weighted by Gasteiger charge is -2.40. The summed E-state index contributed by atoms with van der Waals surface area (Å²) in [5, 5.41) is 9.48. The number of hydrogen-bond acceptors (Lipinski definition) is 3. The summed E-state index contributed by atoms with van der Waals surface area (Å²) in [6, 6.07) is 4.49. The van der Waals surface area contributed by atoms with Crippen LogP contribution in [0.25, 0.3) is 0 Å². The van der Waals surface area contributed by atoms with Gasteiger partial charge in [0.25, 0.3) is 0 Å². The van der Waals surface area contributed by atoms with Crippen LogP contribution in [0.1, 0.15) is 18.9 Å². The van der Waals surface area contributed by atoms with Crippen LogP contribution in [0.3, 0.4) is 0 Å². The van der Waals surface area contributed by atoms with E-state index in [0.717, 1.165) is 12.1 Å². The molecule has 3 atom stereocenters. The molecule has 1 N–H and O–H groups in total. The Morgan fingerprint density at radius 1 is 1.26 bits per heavy atom. The summed E-state index contributed by atoms with van der Waals surface area (Å²) in [4.78, 5) is 0. The van der Waals surface area contributed by atoms with E-state index >= 15 is 0 Å². The first-order valence-electron chi connectivity index (χ1n) is 6.05. The quantitative estimate of drug-likeness (QED) is 0.918. The van der Waals surface area contributed by atoms with Crippen LogP contribution in [0.2, 0.25) is 0 Å². The van der Waals surface area contributed by atoms with E-state index in [-0.39, 0.29) is 6.10 Å². The fourth-order valence-electron chi connectivity index (χ4n) is 1.98.